The molecule has 0 radical (unpaired) electrons. The molecular formula is C17H21NO4. The molecule has 0 saturated heterocycles. The average molecular weight is 303 g/mol. The third kappa shape index (κ3) is 5.35. The second kappa shape index (κ2) is 8.36. The van der Waals surface area contributed by atoms with E-state index >= 15 is 0 Å². The first-order chi connectivity index (χ1) is 10.6. The standard InChI is InChI=1S/C17H21NO4/c19-15(16-8-5-11-22-16)13-18(10-4-9-17(20)21)12-14-6-2-1-3-7-14/h1-3,5-8,11,15,19H,4,9-10,12-13H2,(H,20,21). The van der Waals surface area contributed by atoms with E-state index < -0.39 is 12.1 Å². The first-order valence-electron chi connectivity index (χ1n) is 7.34. The normalized spacial score (nSPS) is 12.5. The van der Waals surface area contributed by atoms with Gasteiger partial charge in [0.2, 0.25) is 0 Å². The number of carboxylic acids is 1. The highest BCUT2D eigenvalue weighted by Gasteiger charge is 2.16. The van der Waals surface area contributed by atoms with Gasteiger partial charge in [-0.2, -0.15) is 0 Å². The van der Waals surface area contributed by atoms with Crippen LogP contribution in [0, 0.1) is 0 Å². The highest BCUT2D eigenvalue weighted by atomic mass is 16.4. The van der Waals surface area contributed by atoms with Crippen molar-refractivity contribution in [3.05, 3.63) is 60.1 Å². The van der Waals surface area contributed by atoms with E-state index in [1.165, 1.54) is 6.26 Å². The highest BCUT2D eigenvalue weighted by molar-refractivity contribution is 5.66. The van der Waals surface area contributed by atoms with Crippen molar-refractivity contribution in [1.29, 1.82) is 0 Å². The van der Waals surface area contributed by atoms with Gasteiger partial charge in [-0.15, -0.1) is 0 Å². The van der Waals surface area contributed by atoms with E-state index in [1.54, 1.807) is 12.1 Å². The van der Waals surface area contributed by atoms with E-state index in [1.807, 2.05) is 35.2 Å². The molecule has 2 rings (SSSR count). The van der Waals surface area contributed by atoms with Gasteiger partial charge in [-0.3, -0.25) is 9.69 Å². The predicted molar refractivity (Wildman–Crippen MR) is 82.3 cm³/mol. The molecule has 0 amide bonds. The minimum Gasteiger partial charge on any atom is -0.481 e. The van der Waals surface area contributed by atoms with Gasteiger partial charge >= 0.3 is 5.97 Å². The lowest BCUT2D eigenvalue weighted by Crippen LogP contribution is -2.29. The topological polar surface area (TPSA) is 73.9 Å². The average Bonchev–Trinajstić information content (AvgIpc) is 3.02. The van der Waals surface area contributed by atoms with Crippen LogP contribution in [0.1, 0.15) is 30.3 Å². The van der Waals surface area contributed by atoms with Crippen LogP contribution in [-0.4, -0.2) is 34.2 Å². The molecule has 1 aromatic carbocycles. The summed E-state index contributed by atoms with van der Waals surface area (Å²) in [7, 11) is 0. The number of aliphatic hydroxyl groups excluding tert-OH is 1. The molecule has 1 aromatic heterocycles. The zero-order chi connectivity index (χ0) is 15.8. The van der Waals surface area contributed by atoms with Gasteiger partial charge in [-0.05, 0) is 30.7 Å². The number of carboxylic acid groups (broad SMARTS) is 1. The Morgan fingerprint density at radius 1 is 1.18 bits per heavy atom. The Kier molecular flexibility index (Phi) is 6.18. The molecule has 5 nitrogen and oxygen atoms in total. The maximum absolute atomic E-state index is 10.7. The maximum atomic E-state index is 10.7. The molecular weight excluding hydrogens is 282 g/mol. The van der Waals surface area contributed by atoms with Crippen LogP contribution >= 0.6 is 0 Å². The number of aliphatic hydroxyl groups is 1. The molecule has 22 heavy (non-hydrogen) atoms. The van der Waals surface area contributed by atoms with E-state index in [9.17, 15) is 9.90 Å². The fourth-order valence-corrected chi connectivity index (χ4v) is 2.35. The summed E-state index contributed by atoms with van der Waals surface area (Å²) in [5, 5.41) is 19.0. The Labute approximate surface area is 129 Å². The minimum atomic E-state index is -0.800. The lowest BCUT2D eigenvalue weighted by molar-refractivity contribution is -0.137. The van der Waals surface area contributed by atoms with Crippen LogP contribution in [0.15, 0.2) is 53.1 Å². The molecule has 5 heteroatoms. The van der Waals surface area contributed by atoms with E-state index in [2.05, 4.69) is 0 Å². The van der Waals surface area contributed by atoms with Gasteiger partial charge < -0.3 is 14.6 Å². The van der Waals surface area contributed by atoms with Gasteiger partial charge in [-0.25, -0.2) is 0 Å². The van der Waals surface area contributed by atoms with Gasteiger partial charge in [-0.1, -0.05) is 30.3 Å². The van der Waals surface area contributed by atoms with E-state index in [-0.39, 0.29) is 6.42 Å². The van der Waals surface area contributed by atoms with Crippen LogP contribution in [-0.2, 0) is 11.3 Å². The van der Waals surface area contributed by atoms with Crippen molar-refractivity contribution in [2.45, 2.75) is 25.5 Å². The quantitative estimate of drug-likeness (QED) is 0.745. The Bertz CT molecular complexity index is 553. The molecule has 0 aliphatic carbocycles. The van der Waals surface area contributed by atoms with Gasteiger partial charge in [0.1, 0.15) is 11.9 Å². The molecule has 2 N–H and O–H groups in total. The zero-order valence-corrected chi connectivity index (χ0v) is 12.4. The minimum absolute atomic E-state index is 0.127. The molecule has 2 aromatic rings. The fraction of sp³-hybridized carbons (Fsp3) is 0.353. The predicted octanol–water partition coefficient (Wildman–Crippen LogP) is 2.68. The van der Waals surface area contributed by atoms with E-state index in [4.69, 9.17) is 9.52 Å². The van der Waals surface area contributed by atoms with Crippen LogP contribution in [0.3, 0.4) is 0 Å². The number of hydrogen-bond acceptors (Lipinski definition) is 4. The van der Waals surface area contributed by atoms with Crippen molar-refractivity contribution in [3.8, 4) is 0 Å². The summed E-state index contributed by atoms with van der Waals surface area (Å²) < 4.78 is 5.22. The number of hydrogen-bond donors (Lipinski definition) is 2. The number of aliphatic carboxylic acids is 1. The summed E-state index contributed by atoms with van der Waals surface area (Å²) in [6, 6.07) is 13.4. The monoisotopic (exact) mass is 303 g/mol. The Morgan fingerprint density at radius 2 is 1.95 bits per heavy atom. The summed E-state index contributed by atoms with van der Waals surface area (Å²) >= 11 is 0. The molecule has 0 aliphatic heterocycles. The van der Waals surface area contributed by atoms with E-state index in [0.29, 0.717) is 31.8 Å². The van der Waals surface area contributed by atoms with Crippen LogP contribution in [0.4, 0.5) is 0 Å². The maximum Gasteiger partial charge on any atom is 0.303 e. The van der Waals surface area contributed by atoms with Crippen LogP contribution in [0.25, 0.3) is 0 Å². The van der Waals surface area contributed by atoms with Crippen LogP contribution < -0.4 is 0 Å². The van der Waals surface area contributed by atoms with Crippen molar-refractivity contribution >= 4 is 5.97 Å². The Balaban J connectivity index is 1.95. The zero-order valence-electron chi connectivity index (χ0n) is 12.4. The van der Waals surface area contributed by atoms with Gasteiger partial charge in [0, 0.05) is 19.5 Å². The number of nitrogens with zero attached hydrogens (tertiary/aromatic N) is 1. The number of benzene rings is 1. The summed E-state index contributed by atoms with van der Waals surface area (Å²) in [5.41, 5.74) is 1.13. The van der Waals surface area contributed by atoms with E-state index in [0.717, 1.165) is 5.56 Å². The largest absolute Gasteiger partial charge is 0.481 e. The third-order valence-electron chi connectivity index (χ3n) is 3.42. The van der Waals surface area contributed by atoms with Crippen molar-refractivity contribution in [1.82, 2.24) is 4.90 Å². The number of carbonyl (C=O) groups is 1. The summed E-state index contributed by atoms with van der Waals surface area (Å²) in [6.07, 6.45) is 1.49. The Hall–Kier alpha value is -2.11. The first kappa shape index (κ1) is 16.3. The molecule has 1 heterocycles. The summed E-state index contributed by atoms with van der Waals surface area (Å²) in [4.78, 5) is 12.7. The summed E-state index contributed by atoms with van der Waals surface area (Å²) in [6.45, 7) is 1.68. The number of furan rings is 1. The SMILES string of the molecule is O=C(O)CCCN(Cc1ccccc1)CC(O)c1ccco1. The van der Waals surface area contributed by atoms with Gasteiger partial charge in [0.15, 0.2) is 0 Å². The van der Waals surface area contributed by atoms with Crippen molar-refractivity contribution in [2.24, 2.45) is 0 Å². The first-order valence-corrected chi connectivity index (χ1v) is 7.34. The van der Waals surface area contributed by atoms with Gasteiger partial charge in [0.25, 0.3) is 0 Å². The number of rotatable bonds is 9. The highest BCUT2D eigenvalue weighted by Crippen LogP contribution is 2.16. The fourth-order valence-electron chi connectivity index (χ4n) is 2.35. The second-order valence-electron chi connectivity index (χ2n) is 5.25. The molecule has 0 bridgehead atoms. The van der Waals surface area contributed by atoms with Crippen LogP contribution in [0.2, 0.25) is 0 Å². The lowest BCUT2D eigenvalue weighted by Gasteiger charge is -2.24. The Morgan fingerprint density at radius 3 is 2.59 bits per heavy atom. The summed E-state index contributed by atoms with van der Waals surface area (Å²) in [5.74, 6) is -0.275. The molecule has 0 aliphatic rings. The second-order valence-corrected chi connectivity index (χ2v) is 5.25. The third-order valence-corrected chi connectivity index (χ3v) is 3.42. The molecule has 1 unspecified atom stereocenters. The van der Waals surface area contributed by atoms with Crippen molar-refractivity contribution in [3.63, 3.8) is 0 Å². The van der Waals surface area contributed by atoms with Gasteiger partial charge in [0.05, 0.1) is 6.26 Å². The molecule has 0 spiro atoms. The van der Waals surface area contributed by atoms with Crippen molar-refractivity contribution < 1.29 is 19.4 Å². The van der Waals surface area contributed by atoms with Crippen LogP contribution in [0.5, 0.6) is 0 Å². The molecule has 0 saturated carbocycles. The molecule has 1 atom stereocenters. The van der Waals surface area contributed by atoms with Crippen molar-refractivity contribution in [2.75, 3.05) is 13.1 Å². The molecule has 0 fully saturated rings. The smallest absolute Gasteiger partial charge is 0.303 e. The lowest BCUT2D eigenvalue weighted by atomic mass is 10.1. The molecule has 118 valence electrons.